The van der Waals surface area contributed by atoms with Crippen molar-refractivity contribution in [3.63, 3.8) is 0 Å². The number of hydrogen-bond donors (Lipinski definition) is 1. The zero-order valence-corrected chi connectivity index (χ0v) is 12.2. The Hall–Kier alpha value is -1.84. The summed E-state index contributed by atoms with van der Waals surface area (Å²) >= 11 is 0. The fourth-order valence-electron chi connectivity index (χ4n) is 3.73. The van der Waals surface area contributed by atoms with Crippen LogP contribution in [0.5, 0.6) is 0 Å². The Morgan fingerprint density at radius 3 is 2.71 bits per heavy atom. The Labute approximate surface area is 123 Å². The molecule has 110 valence electrons. The van der Waals surface area contributed by atoms with Crippen molar-refractivity contribution in [1.82, 2.24) is 9.55 Å². The van der Waals surface area contributed by atoms with Gasteiger partial charge in [0.15, 0.2) is 0 Å². The van der Waals surface area contributed by atoms with E-state index in [1.807, 2.05) is 12.1 Å². The smallest absolute Gasteiger partial charge is 0.337 e. The first-order chi connectivity index (χ1) is 10.1. The first-order valence-corrected chi connectivity index (χ1v) is 7.89. The quantitative estimate of drug-likeness (QED) is 0.927. The fraction of sp³-hybridized carbons (Fsp3) is 0.529. The number of para-hydroxylation sites is 1. The Kier molecular flexibility index (Phi) is 2.81. The molecule has 0 amide bonds. The van der Waals surface area contributed by atoms with E-state index < -0.39 is 5.97 Å². The maximum atomic E-state index is 11.4. The highest BCUT2D eigenvalue weighted by atomic mass is 16.4. The lowest BCUT2D eigenvalue weighted by molar-refractivity contribution is 0.0699. The zero-order chi connectivity index (χ0) is 14.6. The first kappa shape index (κ1) is 12.9. The standard InChI is InChI=1S/C17H20N2O2/c1-10-5-8-12(9-10)19-14-4-2-3-13(17(20)21)15(14)18-16(19)11-6-7-11/h2-4,10-12H,5-9H2,1H3,(H,20,21). The molecule has 4 nitrogen and oxygen atoms in total. The Balaban J connectivity index is 1.92. The summed E-state index contributed by atoms with van der Waals surface area (Å²) in [5, 5.41) is 9.40. The summed E-state index contributed by atoms with van der Waals surface area (Å²) in [6.07, 6.45) is 6.00. The highest BCUT2D eigenvalue weighted by Crippen LogP contribution is 2.45. The van der Waals surface area contributed by atoms with Crippen molar-refractivity contribution in [2.45, 2.75) is 51.0 Å². The Morgan fingerprint density at radius 1 is 1.29 bits per heavy atom. The van der Waals surface area contributed by atoms with Gasteiger partial charge in [-0.15, -0.1) is 0 Å². The number of fused-ring (bicyclic) bond motifs is 1. The molecule has 2 aliphatic carbocycles. The van der Waals surface area contributed by atoms with Crippen LogP contribution in [0.25, 0.3) is 11.0 Å². The fourth-order valence-corrected chi connectivity index (χ4v) is 3.73. The van der Waals surface area contributed by atoms with Crippen LogP contribution in [-0.2, 0) is 0 Å². The molecule has 2 unspecified atom stereocenters. The predicted molar refractivity (Wildman–Crippen MR) is 80.7 cm³/mol. The van der Waals surface area contributed by atoms with E-state index in [0.29, 0.717) is 23.0 Å². The average Bonchev–Trinajstić information content (AvgIpc) is 3.10. The van der Waals surface area contributed by atoms with Crippen molar-refractivity contribution in [2.75, 3.05) is 0 Å². The molecule has 2 saturated carbocycles. The molecule has 0 spiro atoms. The van der Waals surface area contributed by atoms with Crippen LogP contribution in [0.3, 0.4) is 0 Å². The van der Waals surface area contributed by atoms with Crippen LogP contribution in [0.15, 0.2) is 18.2 Å². The average molecular weight is 284 g/mol. The van der Waals surface area contributed by atoms with Gasteiger partial charge in [0.25, 0.3) is 0 Å². The Morgan fingerprint density at radius 2 is 2.10 bits per heavy atom. The molecule has 0 radical (unpaired) electrons. The number of aromatic carboxylic acids is 1. The molecule has 4 heteroatoms. The SMILES string of the molecule is CC1CCC(n2c(C3CC3)nc3c(C(=O)O)cccc32)C1. The number of imidazole rings is 1. The normalized spacial score (nSPS) is 25.6. The number of aromatic nitrogens is 2. The summed E-state index contributed by atoms with van der Waals surface area (Å²) in [7, 11) is 0. The number of carboxylic acid groups (broad SMARTS) is 1. The number of benzene rings is 1. The lowest BCUT2D eigenvalue weighted by atomic mass is 10.1. The number of rotatable bonds is 3. The van der Waals surface area contributed by atoms with E-state index in [1.54, 1.807) is 6.07 Å². The lowest BCUT2D eigenvalue weighted by Crippen LogP contribution is -2.09. The molecular formula is C17H20N2O2. The molecule has 1 aromatic heterocycles. The van der Waals surface area contributed by atoms with Gasteiger partial charge in [-0.05, 0) is 50.2 Å². The van der Waals surface area contributed by atoms with Crippen LogP contribution in [0.4, 0.5) is 0 Å². The molecule has 2 atom stereocenters. The van der Waals surface area contributed by atoms with Gasteiger partial charge in [0.1, 0.15) is 11.3 Å². The first-order valence-electron chi connectivity index (χ1n) is 7.89. The maximum Gasteiger partial charge on any atom is 0.337 e. The molecule has 0 aliphatic heterocycles. The summed E-state index contributed by atoms with van der Waals surface area (Å²) in [4.78, 5) is 16.2. The van der Waals surface area contributed by atoms with E-state index in [0.717, 1.165) is 17.3 Å². The van der Waals surface area contributed by atoms with Gasteiger partial charge in [-0.1, -0.05) is 13.0 Å². The van der Waals surface area contributed by atoms with Gasteiger partial charge < -0.3 is 9.67 Å². The van der Waals surface area contributed by atoms with Crippen molar-refractivity contribution in [1.29, 1.82) is 0 Å². The highest BCUT2D eigenvalue weighted by Gasteiger charge is 2.34. The minimum Gasteiger partial charge on any atom is -0.478 e. The summed E-state index contributed by atoms with van der Waals surface area (Å²) < 4.78 is 2.36. The van der Waals surface area contributed by atoms with Gasteiger partial charge in [0.05, 0.1) is 11.1 Å². The van der Waals surface area contributed by atoms with Crippen LogP contribution >= 0.6 is 0 Å². The number of carbonyl (C=O) groups is 1. The third kappa shape index (κ3) is 2.04. The number of carboxylic acids is 1. The van der Waals surface area contributed by atoms with Gasteiger partial charge in [0, 0.05) is 12.0 Å². The topological polar surface area (TPSA) is 55.1 Å². The molecule has 4 rings (SSSR count). The maximum absolute atomic E-state index is 11.4. The van der Waals surface area contributed by atoms with Gasteiger partial charge in [-0.2, -0.15) is 0 Å². The molecule has 1 N–H and O–H groups in total. The number of hydrogen-bond acceptors (Lipinski definition) is 2. The van der Waals surface area contributed by atoms with E-state index in [9.17, 15) is 9.90 Å². The largest absolute Gasteiger partial charge is 0.478 e. The highest BCUT2D eigenvalue weighted by molar-refractivity contribution is 6.01. The number of nitrogens with zero attached hydrogens (tertiary/aromatic N) is 2. The van der Waals surface area contributed by atoms with E-state index in [2.05, 4.69) is 11.5 Å². The van der Waals surface area contributed by atoms with Crippen molar-refractivity contribution in [3.8, 4) is 0 Å². The Bertz CT molecular complexity index is 715. The van der Waals surface area contributed by atoms with Crippen LogP contribution in [0.1, 0.15) is 67.2 Å². The van der Waals surface area contributed by atoms with Crippen LogP contribution < -0.4 is 0 Å². The molecule has 2 aromatic rings. The molecular weight excluding hydrogens is 264 g/mol. The molecule has 0 saturated heterocycles. The van der Waals surface area contributed by atoms with Crippen molar-refractivity contribution < 1.29 is 9.90 Å². The van der Waals surface area contributed by atoms with E-state index in [-0.39, 0.29) is 0 Å². The summed E-state index contributed by atoms with van der Waals surface area (Å²) in [5.41, 5.74) is 2.02. The second kappa shape index (κ2) is 4.58. The molecule has 1 aromatic carbocycles. The summed E-state index contributed by atoms with van der Waals surface area (Å²) in [5.74, 6) is 1.53. The molecule has 1 heterocycles. The minimum absolute atomic E-state index is 0.333. The van der Waals surface area contributed by atoms with E-state index >= 15 is 0 Å². The van der Waals surface area contributed by atoms with Crippen LogP contribution in [0.2, 0.25) is 0 Å². The van der Waals surface area contributed by atoms with Gasteiger partial charge in [-0.3, -0.25) is 0 Å². The van der Waals surface area contributed by atoms with Crippen molar-refractivity contribution in [2.24, 2.45) is 5.92 Å². The third-order valence-corrected chi connectivity index (χ3v) is 4.95. The minimum atomic E-state index is -0.882. The third-order valence-electron chi connectivity index (χ3n) is 4.95. The molecule has 0 bridgehead atoms. The van der Waals surface area contributed by atoms with Gasteiger partial charge in [-0.25, -0.2) is 9.78 Å². The molecule has 2 fully saturated rings. The van der Waals surface area contributed by atoms with Crippen LogP contribution in [0, 0.1) is 5.92 Å². The van der Waals surface area contributed by atoms with E-state index in [4.69, 9.17) is 4.98 Å². The predicted octanol–water partition coefficient (Wildman–Crippen LogP) is 3.97. The van der Waals surface area contributed by atoms with Gasteiger partial charge in [0.2, 0.25) is 0 Å². The van der Waals surface area contributed by atoms with Crippen LogP contribution in [-0.4, -0.2) is 20.6 Å². The lowest BCUT2D eigenvalue weighted by Gasteiger charge is -2.16. The summed E-state index contributed by atoms with van der Waals surface area (Å²) in [6, 6.07) is 6.03. The summed E-state index contributed by atoms with van der Waals surface area (Å²) in [6.45, 7) is 2.30. The van der Waals surface area contributed by atoms with Crippen molar-refractivity contribution >= 4 is 17.0 Å². The van der Waals surface area contributed by atoms with Gasteiger partial charge >= 0.3 is 5.97 Å². The second-order valence-electron chi connectivity index (χ2n) is 6.66. The molecule has 2 aliphatic rings. The molecule has 21 heavy (non-hydrogen) atoms. The second-order valence-corrected chi connectivity index (χ2v) is 6.66. The van der Waals surface area contributed by atoms with E-state index in [1.165, 1.54) is 32.1 Å². The monoisotopic (exact) mass is 284 g/mol. The van der Waals surface area contributed by atoms with Crippen molar-refractivity contribution in [3.05, 3.63) is 29.6 Å². The zero-order valence-electron chi connectivity index (χ0n) is 12.2.